The summed E-state index contributed by atoms with van der Waals surface area (Å²) in [6.07, 6.45) is 3.25. The first-order valence-electron chi connectivity index (χ1n) is 6.37. The Hall–Kier alpha value is -2.24. The average molecular weight is 259 g/mol. The molecule has 0 saturated carbocycles. The van der Waals surface area contributed by atoms with E-state index in [-0.39, 0.29) is 12.3 Å². The van der Waals surface area contributed by atoms with Crippen molar-refractivity contribution < 1.29 is 4.79 Å². The largest absolute Gasteiger partial charge is 0.356 e. The van der Waals surface area contributed by atoms with Crippen molar-refractivity contribution in [1.29, 1.82) is 0 Å². The molecule has 0 radical (unpaired) electrons. The second-order valence-corrected chi connectivity index (χ2v) is 4.30. The van der Waals surface area contributed by atoms with Crippen LogP contribution in [0, 0.1) is 0 Å². The quantitative estimate of drug-likeness (QED) is 0.723. The molecular weight excluding hydrogens is 242 g/mol. The lowest BCUT2D eigenvalue weighted by molar-refractivity contribution is -0.120. The van der Waals surface area contributed by atoms with Gasteiger partial charge >= 0.3 is 0 Å². The Kier molecular flexibility index (Phi) is 5.04. The summed E-state index contributed by atoms with van der Waals surface area (Å²) in [5, 5.41) is 16.0. The topological polar surface area (TPSA) is 83.6 Å². The highest BCUT2D eigenvalue weighted by Crippen LogP contribution is 2.03. The summed E-state index contributed by atoms with van der Waals surface area (Å²) in [6, 6.07) is 10.3. The monoisotopic (exact) mass is 259 g/mol. The fourth-order valence-electron chi connectivity index (χ4n) is 1.79. The van der Waals surface area contributed by atoms with Crippen molar-refractivity contribution in [3.05, 3.63) is 41.7 Å². The lowest BCUT2D eigenvalue weighted by Crippen LogP contribution is -2.26. The van der Waals surface area contributed by atoms with E-state index in [1.165, 1.54) is 5.56 Å². The second-order valence-electron chi connectivity index (χ2n) is 4.30. The first-order valence-corrected chi connectivity index (χ1v) is 6.37. The molecule has 0 aliphatic carbocycles. The maximum absolute atomic E-state index is 11.5. The Bertz CT molecular complexity index is 483. The molecule has 0 aliphatic rings. The summed E-state index contributed by atoms with van der Waals surface area (Å²) in [7, 11) is 0. The van der Waals surface area contributed by atoms with Crippen molar-refractivity contribution in [2.45, 2.75) is 25.7 Å². The summed E-state index contributed by atoms with van der Waals surface area (Å²) >= 11 is 0. The molecule has 1 aromatic heterocycles. The van der Waals surface area contributed by atoms with Gasteiger partial charge in [-0.3, -0.25) is 4.79 Å². The molecule has 0 aliphatic heterocycles. The van der Waals surface area contributed by atoms with Crippen LogP contribution in [0.2, 0.25) is 0 Å². The molecule has 6 nitrogen and oxygen atoms in total. The van der Waals surface area contributed by atoms with Gasteiger partial charge in [0.05, 0.1) is 6.42 Å². The van der Waals surface area contributed by atoms with Crippen LogP contribution in [-0.2, 0) is 17.6 Å². The Balaban J connectivity index is 1.56. The summed E-state index contributed by atoms with van der Waals surface area (Å²) in [4.78, 5) is 11.5. The molecule has 2 aromatic rings. The van der Waals surface area contributed by atoms with Gasteiger partial charge in [-0.05, 0) is 24.8 Å². The standard InChI is InChI=1S/C13H17N5O/c19-13(10-12-15-17-18-16-12)14-9-5-4-8-11-6-2-1-3-7-11/h1-3,6-7H,4-5,8-10H2,(H,14,19)(H,15,16,17,18). The van der Waals surface area contributed by atoms with Crippen LogP contribution in [0.15, 0.2) is 30.3 Å². The predicted octanol–water partition coefficient (Wildman–Crippen LogP) is 0.881. The highest BCUT2D eigenvalue weighted by atomic mass is 16.1. The van der Waals surface area contributed by atoms with Crippen LogP contribution in [-0.4, -0.2) is 33.1 Å². The van der Waals surface area contributed by atoms with Crippen LogP contribution in [0.25, 0.3) is 0 Å². The molecule has 1 amide bonds. The molecule has 19 heavy (non-hydrogen) atoms. The molecule has 0 unspecified atom stereocenters. The van der Waals surface area contributed by atoms with E-state index in [0.717, 1.165) is 19.3 Å². The number of nitrogens with one attached hydrogen (secondary N) is 2. The van der Waals surface area contributed by atoms with Gasteiger partial charge in [-0.1, -0.05) is 35.5 Å². The number of carbonyl (C=O) groups is 1. The minimum atomic E-state index is -0.0684. The lowest BCUT2D eigenvalue weighted by Gasteiger charge is -2.04. The van der Waals surface area contributed by atoms with Gasteiger partial charge in [0.15, 0.2) is 5.82 Å². The number of benzene rings is 1. The highest BCUT2D eigenvalue weighted by Gasteiger charge is 2.05. The van der Waals surface area contributed by atoms with Gasteiger partial charge in [0.2, 0.25) is 5.91 Å². The fourth-order valence-corrected chi connectivity index (χ4v) is 1.79. The van der Waals surface area contributed by atoms with Crippen molar-refractivity contribution >= 4 is 5.91 Å². The number of aromatic amines is 1. The number of aryl methyl sites for hydroxylation is 1. The van der Waals surface area contributed by atoms with Crippen molar-refractivity contribution in [2.75, 3.05) is 6.54 Å². The molecule has 100 valence electrons. The van der Waals surface area contributed by atoms with E-state index in [0.29, 0.717) is 12.4 Å². The Morgan fingerprint density at radius 1 is 1.21 bits per heavy atom. The minimum Gasteiger partial charge on any atom is -0.356 e. The smallest absolute Gasteiger partial charge is 0.227 e. The molecule has 2 rings (SSSR count). The number of nitrogens with zero attached hydrogens (tertiary/aromatic N) is 3. The van der Waals surface area contributed by atoms with Crippen LogP contribution in [0.3, 0.4) is 0 Å². The molecule has 0 fully saturated rings. The van der Waals surface area contributed by atoms with Crippen molar-refractivity contribution in [3.63, 3.8) is 0 Å². The van der Waals surface area contributed by atoms with Crippen LogP contribution >= 0.6 is 0 Å². The Morgan fingerprint density at radius 2 is 2.05 bits per heavy atom. The van der Waals surface area contributed by atoms with E-state index in [9.17, 15) is 4.79 Å². The number of rotatable bonds is 7. The van der Waals surface area contributed by atoms with Gasteiger partial charge in [0.1, 0.15) is 0 Å². The van der Waals surface area contributed by atoms with Gasteiger partial charge in [0, 0.05) is 6.54 Å². The summed E-state index contributed by atoms with van der Waals surface area (Å²) < 4.78 is 0. The van der Waals surface area contributed by atoms with Crippen molar-refractivity contribution in [2.24, 2.45) is 0 Å². The maximum Gasteiger partial charge on any atom is 0.227 e. The minimum absolute atomic E-state index is 0.0684. The average Bonchev–Trinajstić information content (AvgIpc) is 2.92. The summed E-state index contributed by atoms with van der Waals surface area (Å²) in [6.45, 7) is 0.684. The summed E-state index contributed by atoms with van der Waals surface area (Å²) in [5.74, 6) is 0.350. The Labute approximate surface area is 111 Å². The number of carbonyl (C=O) groups excluding carboxylic acids is 1. The third-order valence-corrected chi connectivity index (χ3v) is 2.77. The summed E-state index contributed by atoms with van der Waals surface area (Å²) in [5.41, 5.74) is 1.33. The molecule has 0 saturated heterocycles. The van der Waals surface area contributed by atoms with Crippen LogP contribution in [0.4, 0.5) is 0 Å². The first-order chi connectivity index (χ1) is 9.34. The number of tetrazole rings is 1. The van der Waals surface area contributed by atoms with Gasteiger partial charge in [-0.25, -0.2) is 0 Å². The van der Waals surface area contributed by atoms with Crippen molar-refractivity contribution in [1.82, 2.24) is 25.9 Å². The zero-order valence-corrected chi connectivity index (χ0v) is 10.7. The Morgan fingerprint density at radius 3 is 2.79 bits per heavy atom. The van der Waals surface area contributed by atoms with Crippen molar-refractivity contribution in [3.8, 4) is 0 Å². The van der Waals surface area contributed by atoms with E-state index in [1.807, 2.05) is 18.2 Å². The molecule has 0 spiro atoms. The lowest BCUT2D eigenvalue weighted by atomic mass is 10.1. The predicted molar refractivity (Wildman–Crippen MR) is 70.3 cm³/mol. The van der Waals surface area contributed by atoms with Gasteiger partial charge < -0.3 is 5.32 Å². The van der Waals surface area contributed by atoms with E-state index in [1.54, 1.807) is 0 Å². The second kappa shape index (κ2) is 7.25. The molecule has 1 heterocycles. The zero-order valence-electron chi connectivity index (χ0n) is 10.7. The number of aromatic nitrogens is 4. The number of unbranched alkanes of at least 4 members (excludes halogenated alkanes) is 1. The van der Waals surface area contributed by atoms with Gasteiger partial charge in [0.25, 0.3) is 0 Å². The van der Waals surface area contributed by atoms with Crippen LogP contribution in [0.5, 0.6) is 0 Å². The number of hydrogen-bond acceptors (Lipinski definition) is 4. The molecule has 6 heteroatoms. The fraction of sp³-hybridized carbons (Fsp3) is 0.385. The SMILES string of the molecule is O=C(Cc1nn[nH]n1)NCCCCc1ccccc1. The van der Waals surface area contributed by atoms with Crippen LogP contribution in [0.1, 0.15) is 24.2 Å². The zero-order chi connectivity index (χ0) is 13.3. The van der Waals surface area contributed by atoms with Gasteiger partial charge in [-0.15, -0.1) is 10.2 Å². The van der Waals surface area contributed by atoms with E-state index in [4.69, 9.17) is 0 Å². The first kappa shape index (κ1) is 13.2. The third kappa shape index (κ3) is 4.87. The van der Waals surface area contributed by atoms with Crippen LogP contribution < -0.4 is 5.32 Å². The van der Waals surface area contributed by atoms with E-state index < -0.39 is 0 Å². The number of H-pyrrole nitrogens is 1. The van der Waals surface area contributed by atoms with E-state index in [2.05, 4.69) is 38.1 Å². The van der Waals surface area contributed by atoms with E-state index >= 15 is 0 Å². The normalized spacial score (nSPS) is 10.3. The number of amides is 1. The molecule has 2 N–H and O–H groups in total. The molecule has 0 atom stereocenters. The number of hydrogen-bond donors (Lipinski definition) is 2. The molecular formula is C13H17N5O. The molecule has 1 aromatic carbocycles. The molecule has 0 bridgehead atoms. The van der Waals surface area contributed by atoms with Gasteiger partial charge in [-0.2, -0.15) is 5.21 Å². The highest BCUT2D eigenvalue weighted by molar-refractivity contribution is 5.77. The third-order valence-electron chi connectivity index (χ3n) is 2.77. The maximum atomic E-state index is 11.5.